The van der Waals surface area contributed by atoms with E-state index in [0.29, 0.717) is 11.7 Å². The van der Waals surface area contributed by atoms with Gasteiger partial charge in [0.25, 0.3) is 0 Å². The molecule has 2 aromatic carbocycles. The van der Waals surface area contributed by atoms with Gasteiger partial charge < -0.3 is 4.74 Å². The van der Waals surface area contributed by atoms with Gasteiger partial charge in [-0.25, -0.2) is 4.98 Å². The van der Waals surface area contributed by atoms with Gasteiger partial charge in [-0.3, -0.25) is 4.98 Å². The number of hydrogen-bond donors (Lipinski definition) is 0. The van der Waals surface area contributed by atoms with Gasteiger partial charge in [0.2, 0.25) is 5.88 Å². The van der Waals surface area contributed by atoms with Crippen LogP contribution in [0, 0.1) is 0 Å². The number of benzene rings is 2. The van der Waals surface area contributed by atoms with Crippen molar-refractivity contribution in [2.24, 2.45) is 0 Å². The predicted octanol–water partition coefficient (Wildman–Crippen LogP) is 5.05. The number of rotatable bonds is 4. The van der Waals surface area contributed by atoms with E-state index < -0.39 is 0 Å². The van der Waals surface area contributed by atoms with Crippen molar-refractivity contribution in [3.63, 3.8) is 0 Å². The molecule has 0 atom stereocenters. The Morgan fingerprint density at radius 3 is 2.56 bits per heavy atom. The minimum atomic E-state index is 0.561. The highest BCUT2D eigenvalue weighted by Gasteiger charge is 2.12. The second kappa shape index (κ2) is 6.69. The molecule has 0 unspecified atom stereocenters. The van der Waals surface area contributed by atoms with Crippen LogP contribution in [0.2, 0.25) is 0 Å². The van der Waals surface area contributed by atoms with Crippen molar-refractivity contribution in [1.82, 2.24) is 15.0 Å². The Balaban J connectivity index is 1.87. The Morgan fingerprint density at radius 1 is 0.880 bits per heavy atom. The maximum atomic E-state index is 6.20. The van der Waals surface area contributed by atoms with Crippen LogP contribution < -0.4 is 4.74 Å². The van der Waals surface area contributed by atoms with Crippen LogP contribution >= 0.6 is 0 Å². The summed E-state index contributed by atoms with van der Waals surface area (Å²) in [5.74, 6) is 1.99. The van der Waals surface area contributed by atoms with Crippen molar-refractivity contribution in [2.45, 2.75) is 13.3 Å². The highest BCUT2D eigenvalue weighted by molar-refractivity contribution is 5.85. The van der Waals surface area contributed by atoms with Crippen molar-refractivity contribution in [1.29, 1.82) is 0 Å². The van der Waals surface area contributed by atoms with Crippen molar-refractivity contribution in [2.75, 3.05) is 0 Å². The number of para-hydroxylation sites is 2. The van der Waals surface area contributed by atoms with Crippen LogP contribution in [-0.4, -0.2) is 15.0 Å². The number of aryl methyl sites for hydroxylation is 1. The lowest BCUT2D eigenvalue weighted by molar-refractivity contribution is 0.463. The lowest BCUT2D eigenvalue weighted by Crippen LogP contribution is -1.97. The molecule has 0 aliphatic heterocycles. The van der Waals surface area contributed by atoms with E-state index in [9.17, 15) is 0 Å². The van der Waals surface area contributed by atoms with E-state index in [1.54, 1.807) is 12.4 Å². The molecule has 25 heavy (non-hydrogen) atoms. The van der Waals surface area contributed by atoms with Gasteiger partial charge in [0.05, 0.1) is 10.9 Å². The van der Waals surface area contributed by atoms with Crippen LogP contribution in [-0.2, 0) is 6.42 Å². The summed E-state index contributed by atoms with van der Waals surface area (Å²) >= 11 is 0. The molecule has 0 fully saturated rings. The Labute approximate surface area is 146 Å². The molecular weight excluding hydrogens is 310 g/mol. The van der Waals surface area contributed by atoms with E-state index in [2.05, 4.69) is 27.9 Å². The van der Waals surface area contributed by atoms with Gasteiger partial charge in [0.15, 0.2) is 5.82 Å². The average Bonchev–Trinajstić information content (AvgIpc) is 2.69. The normalized spacial score (nSPS) is 10.8. The van der Waals surface area contributed by atoms with Crippen LogP contribution in [0.5, 0.6) is 11.6 Å². The highest BCUT2D eigenvalue weighted by atomic mass is 16.5. The summed E-state index contributed by atoms with van der Waals surface area (Å²) in [6.07, 6.45) is 4.39. The van der Waals surface area contributed by atoms with Crippen molar-refractivity contribution in [3.8, 4) is 23.0 Å². The fraction of sp³-hybridized carbons (Fsp3) is 0.0952. The standard InChI is InChI=1S/C21H17N3O/c1-2-15-8-3-6-12-19(15)25-21-17-10-4-5-11-18(17)23-20(24-21)16-9-7-13-22-14-16/h3-14H,2H2,1H3. The molecule has 0 spiro atoms. The molecular formula is C21H17N3O. The summed E-state index contributed by atoms with van der Waals surface area (Å²) in [6.45, 7) is 2.11. The lowest BCUT2D eigenvalue weighted by atomic mass is 10.1. The summed E-state index contributed by atoms with van der Waals surface area (Å²) in [7, 11) is 0. The SMILES string of the molecule is CCc1ccccc1Oc1nc(-c2cccnc2)nc2ccccc12. The smallest absolute Gasteiger partial charge is 0.230 e. The van der Waals surface area contributed by atoms with Crippen molar-refractivity contribution < 1.29 is 4.74 Å². The first-order valence-electron chi connectivity index (χ1n) is 8.28. The molecule has 4 nitrogen and oxygen atoms in total. The quantitative estimate of drug-likeness (QED) is 0.526. The molecule has 4 heteroatoms. The van der Waals surface area contributed by atoms with Gasteiger partial charge in [0.1, 0.15) is 5.75 Å². The molecule has 4 aromatic rings. The van der Waals surface area contributed by atoms with Gasteiger partial charge in [-0.1, -0.05) is 37.3 Å². The van der Waals surface area contributed by atoms with E-state index in [1.165, 1.54) is 0 Å². The number of pyridine rings is 1. The largest absolute Gasteiger partial charge is 0.438 e. The molecule has 2 aromatic heterocycles. The van der Waals surface area contributed by atoms with E-state index >= 15 is 0 Å². The Morgan fingerprint density at radius 2 is 1.72 bits per heavy atom. The number of aromatic nitrogens is 3. The third kappa shape index (κ3) is 3.06. The Bertz CT molecular complexity index is 1020. The fourth-order valence-electron chi connectivity index (χ4n) is 2.75. The zero-order chi connectivity index (χ0) is 17.1. The topological polar surface area (TPSA) is 47.9 Å². The molecule has 0 saturated heterocycles. The second-order valence-electron chi connectivity index (χ2n) is 5.67. The lowest BCUT2D eigenvalue weighted by Gasteiger charge is -2.12. The van der Waals surface area contributed by atoms with Gasteiger partial charge >= 0.3 is 0 Å². The summed E-state index contributed by atoms with van der Waals surface area (Å²) in [4.78, 5) is 13.5. The summed E-state index contributed by atoms with van der Waals surface area (Å²) in [5.41, 5.74) is 2.86. The molecule has 0 aliphatic carbocycles. The van der Waals surface area contributed by atoms with E-state index in [1.807, 2.05) is 54.6 Å². The Hall–Kier alpha value is -3.27. The van der Waals surface area contributed by atoms with Crippen LogP contribution in [0.3, 0.4) is 0 Å². The van der Waals surface area contributed by atoms with Crippen LogP contribution in [0.1, 0.15) is 12.5 Å². The van der Waals surface area contributed by atoms with E-state index in [4.69, 9.17) is 4.74 Å². The first kappa shape index (κ1) is 15.3. The van der Waals surface area contributed by atoms with Gasteiger partial charge in [-0.05, 0) is 42.3 Å². The number of nitrogens with zero attached hydrogens (tertiary/aromatic N) is 3. The Kier molecular flexibility index (Phi) is 4.09. The molecule has 0 bridgehead atoms. The second-order valence-corrected chi connectivity index (χ2v) is 5.67. The average molecular weight is 327 g/mol. The maximum absolute atomic E-state index is 6.20. The molecule has 0 N–H and O–H groups in total. The zero-order valence-corrected chi connectivity index (χ0v) is 13.9. The maximum Gasteiger partial charge on any atom is 0.230 e. The van der Waals surface area contributed by atoms with Crippen LogP contribution in [0.4, 0.5) is 0 Å². The number of ether oxygens (including phenoxy) is 1. The first-order valence-corrected chi connectivity index (χ1v) is 8.28. The molecule has 2 heterocycles. The molecule has 0 radical (unpaired) electrons. The van der Waals surface area contributed by atoms with E-state index in [0.717, 1.165) is 34.2 Å². The summed E-state index contributed by atoms with van der Waals surface area (Å²) in [6, 6.07) is 19.7. The van der Waals surface area contributed by atoms with Crippen LogP contribution in [0.25, 0.3) is 22.3 Å². The van der Waals surface area contributed by atoms with Gasteiger partial charge in [-0.2, -0.15) is 4.98 Å². The van der Waals surface area contributed by atoms with Crippen LogP contribution in [0.15, 0.2) is 73.1 Å². The molecule has 0 aliphatic rings. The number of fused-ring (bicyclic) bond motifs is 1. The molecule has 122 valence electrons. The van der Waals surface area contributed by atoms with Gasteiger partial charge in [0, 0.05) is 18.0 Å². The van der Waals surface area contributed by atoms with Crippen molar-refractivity contribution >= 4 is 10.9 Å². The van der Waals surface area contributed by atoms with Crippen molar-refractivity contribution in [3.05, 3.63) is 78.6 Å². The number of hydrogen-bond acceptors (Lipinski definition) is 4. The van der Waals surface area contributed by atoms with E-state index in [-0.39, 0.29) is 0 Å². The highest BCUT2D eigenvalue weighted by Crippen LogP contribution is 2.31. The molecule has 4 rings (SSSR count). The third-order valence-corrected chi connectivity index (χ3v) is 4.05. The summed E-state index contributed by atoms with van der Waals surface area (Å²) < 4.78 is 6.20. The first-order chi connectivity index (χ1) is 12.3. The molecule has 0 saturated carbocycles. The molecule has 0 amide bonds. The fourth-order valence-corrected chi connectivity index (χ4v) is 2.75. The predicted molar refractivity (Wildman–Crippen MR) is 98.7 cm³/mol. The minimum absolute atomic E-state index is 0.561. The monoisotopic (exact) mass is 327 g/mol. The zero-order valence-electron chi connectivity index (χ0n) is 13.9. The van der Waals surface area contributed by atoms with Gasteiger partial charge in [-0.15, -0.1) is 0 Å². The minimum Gasteiger partial charge on any atom is -0.438 e. The third-order valence-electron chi connectivity index (χ3n) is 4.05. The summed E-state index contributed by atoms with van der Waals surface area (Å²) in [5, 5.41) is 0.890.